The highest BCUT2D eigenvalue weighted by atomic mass is 32.1. The minimum absolute atomic E-state index is 0.107. The summed E-state index contributed by atoms with van der Waals surface area (Å²) in [7, 11) is 0. The second-order valence-electron chi connectivity index (χ2n) is 8.22. The Hall–Kier alpha value is -4.32. The summed E-state index contributed by atoms with van der Waals surface area (Å²) in [5.41, 5.74) is 2.80. The molecule has 176 valence electrons. The van der Waals surface area contributed by atoms with Gasteiger partial charge >= 0.3 is 6.03 Å². The molecule has 4 heterocycles. The number of carbonyl (C=O) groups is 2. The second-order valence-corrected chi connectivity index (χ2v) is 9.17. The van der Waals surface area contributed by atoms with Crippen LogP contribution in [0, 0.1) is 5.82 Å². The number of carbonyl (C=O) groups excluding carboxylic acids is 2. The number of amides is 3. The topological polar surface area (TPSA) is 125 Å². The highest BCUT2D eigenvalue weighted by molar-refractivity contribution is 7.13. The van der Waals surface area contributed by atoms with E-state index < -0.39 is 11.9 Å². The number of rotatable bonds is 7. The molecule has 0 radical (unpaired) electrons. The van der Waals surface area contributed by atoms with E-state index in [9.17, 15) is 14.0 Å². The van der Waals surface area contributed by atoms with Gasteiger partial charge in [-0.1, -0.05) is 12.1 Å². The Morgan fingerprint density at radius 2 is 2.09 bits per heavy atom. The molecule has 1 saturated heterocycles. The first-order valence-electron chi connectivity index (χ1n) is 11.0. The molecule has 2 fully saturated rings. The van der Waals surface area contributed by atoms with Crippen LogP contribution in [0.3, 0.4) is 0 Å². The molecule has 0 spiro atoms. The summed E-state index contributed by atoms with van der Waals surface area (Å²) in [6, 6.07) is 8.39. The number of benzene rings is 1. The van der Waals surface area contributed by atoms with E-state index in [1.165, 1.54) is 18.2 Å². The van der Waals surface area contributed by atoms with Crippen LogP contribution in [-0.2, 0) is 11.3 Å². The van der Waals surface area contributed by atoms with Crippen LogP contribution in [0.15, 0.2) is 47.6 Å². The van der Waals surface area contributed by atoms with Gasteiger partial charge in [0.1, 0.15) is 11.5 Å². The Bertz CT molecular complexity index is 1490. The lowest BCUT2D eigenvalue weighted by molar-refractivity contribution is -0.115. The second kappa shape index (κ2) is 8.47. The molecule has 1 aliphatic carbocycles. The molecule has 3 aromatic heterocycles. The van der Waals surface area contributed by atoms with E-state index in [4.69, 9.17) is 0 Å². The van der Waals surface area contributed by atoms with Crippen molar-refractivity contribution in [3.63, 3.8) is 0 Å². The zero-order valence-corrected chi connectivity index (χ0v) is 19.0. The molecule has 4 N–H and O–H groups in total. The highest BCUT2D eigenvalue weighted by Crippen LogP contribution is 2.30. The Morgan fingerprint density at radius 1 is 1.20 bits per heavy atom. The van der Waals surface area contributed by atoms with Gasteiger partial charge in [0.05, 0.1) is 6.20 Å². The maximum Gasteiger partial charge on any atom is 0.326 e. The zero-order valence-electron chi connectivity index (χ0n) is 18.2. The molecule has 1 saturated carbocycles. The molecule has 0 unspecified atom stereocenters. The van der Waals surface area contributed by atoms with Gasteiger partial charge in [-0.25, -0.2) is 9.18 Å². The molecule has 0 atom stereocenters. The normalized spacial score (nSPS) is 16.5. The Kier molecular flexibility index (Phi) is 5.14. The fraction of sp³-hybridized carbons (Fsp3) is 0.174. The number of thiophene rings is 1. The maximum absolute atomic E-state index is 14.1. The third kappa shape index (κ3) is 4.30. The average molecular weight is 491 g/mol. The van der Waals surface area contributed by atoms with Crippen LogP contribution in [0.4, 0.5) is 21.1 Å². The van der Waals surface area contributed by atoms with Gasteiger partial charge in [0.15, 0.2) is 5.65 Å². The summed E-state index contributed by atoms with van der Waals surface area (Å²) in [5.74, 6) is -0.0224. The van der Waals surface area contributed by atoms with Crippen molar-refractivity contribution in [2.75, 3.05) is 10.6 Å². The van der Waals surface area contributed by atoms with Crippen LogP contribution in [0.5, 0.6) is 0 Å². The van der Waals surface area contributed by atoms with E-state index in [-0.39, 0.29) is 11.5 Å². The predicted octanol–water partition coefficient (Wildman–Crippen LogP) is 3.36. The Balaban J connectivity index is 1.35. The van der Waals surface area contributed by atoms with E-state index >= 15 is 0 Å². The number of halogens is 1. The van der Waals surface area contributed by atoms with Crippen LogP contribution in [-0.4, -0.2) is 37.6 Å². The van der Waals surface area contributed by atoms with E-state index in [0.29, 0.717) is 35.7 Å². The summed E-state index contributed by atoms with van der Waals surface area (Å²) in [6.07, 6.45) is 5.14. The molecular weight excluding hydrogens is 471 g/mol. The summed E-state index contributed by atoms with van der Waals surface area (Å²) in [6.45, 7) is 0.299. The Labute approximate surface area is 202 Å². The lowest BCUT2D eigenvalue weighted by Gasteiger charge is -2.12. The van der Waals surface area contributed by atoms with Gasteiger partial charge in [0.25, 0.3) is 5.91 Å². The largest absolute Gasteiger partial charge is 0.351 e. The van der Waals surface area contributed by atoms with Crippen molar-refractivity contribution in [1.29, 1.82) is 0 Å². The van der Waals surface area contributed by atoms with Crippen molar-refractivity contribution in [3.05, 3.63) is 64.5 Å². The first kappa shape index (κ1) is 21.2. The fourth-order valence-corrected chi connectivity index (χ4v) is 4.56. The quantitative estimate of drug-likeness (QED) is 0.231. The number of aromatic nitrogens is 4. The number of nitrogens with zero attached hydrogens (tertiary/aromatic N) is 4. The van der Waals surface area contributed by atoms with Crippen molar-refractivity contribution in [2.24, 2.45) is 0 Å². The van der Waals surface area contributed by atoms with Crippen molar-refractivity contribution >= 4 is 46.9 Å². The molecular formula is C23H19FN8O2S. The minimum Gasteiger partial charge on any atom is -0.351 e. The number of nitrogens with one attached hydrogen (secondary N) is 4. The van der Waals surface area contributed by atoms with E-state index in [0.717, 1.165) is 28.8 Å². The van der Waals surface area contributed by atoms with Gasteiger partial charge in [-0.2, -0.15) is 19.6 Å². The molecule has 3 amide bonds. The van der Waals surface area contributed by atoms with Crippen molar-refractivity contribution < 1.29 is 14.0 Å². The predicted molar refractivity (Wildman–Crippen MR) is 129 cm³/mol. The van der Waals surface area contributed by atoms with Gasteiger partial charge in [-0.15, -0.1) is 11.3 Å². The summed E-state index contributed by atoms with van der Waals surface area (Å²) >= 11 is 1.58. The highest BCUT2D eigenvalue weighted by Gasteiger charge is 2.26. The monoisotopic (exact) mass is 490 g/mol. The van der Waals surface area contributed by atoms with Gasteiger partial charge in [0.2, 0.25) is 11.9 Å². The standard InChI is InChI=1S/C23H19FN8O2S/c24-14-3-6-16(18-2-1-7-35-18)12(8-14)10-25-21-29-19-13(9-17-20(33)30-23(34)28-17)11-26-32(19)22(31-21)27-15-4-5-15/h1-3,6-9,11,15H,4-5,10H2,(H2,25,27,29,31)(H2,28,30,33,34)/b17-9-. The first-order valence-corrected chi connectivity index (χ1v) is 11.8. The summed E-state index contributed by atoms with van der Waals surface area (Å²) in [5, 5.41) is 17.5. The molecule has 2 aliphatic rings. The van der Waals surface area contributed by atoms with Crippen LogP contribution in [0.2, 0.25) is 0 Å². The fourth-order valence-electron chi connectivity index (χ4n) is 3.77. The van der Waals surface area contributed by atoms with Crippen LogP contribution >= 0.6 is 11.3 Å². The van der Waals surface area contributed by atoms with E-state index in [2.05, 4.69) is 36.3 Å². The van der Waals surface area contributed by atoms with Gasteiger partial charge in [-0.05, 0) is 53.6 Å². The molecule has 0 bridgehead atoms. The smallest absolute Gasteiger partial charge is 0.326 e. The van der Waals surface area contributed by atoms with Crippen LogP contribution in [0.1, 0.15) is 24.0 Å². The molecule has 12 heteroatoms. The Morgan fingerprint density at radius 3 is 2.83 bits per heavy atom. The number of hydrogen-bond donors (Lipinski definition) is 4. The van der Waals surface area contributed by atoms with Gasteiger partial charge < -0.3 is 16.0 Å². The number of imide groups is 1. The van der Waals surface area contributed by atoms with E-state index in [1.807, 2.05) is 17.5 Å². The molecule has 1 aliphatic heterocycles. The minimum atomic E-state index is -0.581. The first-order chi connectivity index (χ1) is 17.0. The zero-order chi connectivity index (χ0) is 23.9. The summed E-state index contributed by atoms with van der Waals surface area (Å²) < 4.78 is 15.6. The van der Waals surface area contributed by atoms with Crippen LogP contribution in [0.25, 0.3) is 22.2 Å². The number of urea groups is 1. The number of anilines is 2. The van der Waals surface area contributed by atoms with Crippen LogP contribution < -0.4 is 21.3 Å². The number of hydrogen-bond acceptors (Lipinski definition) is 8. The lowest BCUT2D eigenvalue weighted by Crippen LogP contribution is -2.22. The van der Waals surface area contributed by atoms with E-state index in [1.54, 1.807) is 28.1 Å². The molecule has 35 heavy (non-hydrogen) atoms. The number of fused-ring (bicyclic) bond motifs is 1. The molecule has 1 aromatic carbocycles. The van der Waals surface area contributed by atoms with Crippen molar-refractivity contribution in [1.82, 2.24) is 30.2 Å². The van der Waals surface area contributed by atoms with Crippen molar-refractivity contribution in [3.8, 4) is 10.4 Å². The lowest BCUT2D eigenvalue weighted by atomic mass is 10.1. The van der Waals surface area contributed by atoms with Crippen molar-refractivity contribution in [2.45, 2.75) is 25.4 Å². The molecule has 4 aromatic rings. The third-order valence-electron chi connectivity index (χ3n) is 5.62. The van der Waals surface area contributed by atoms with Gasteiger partial charge in [0, 0.05) is 23.0 Å². The third-order valence-corrected chi connectivity index (χ3v) is 6.52. The SMILES string of the molecule is O=C1NC(=O)/C(=C/c2cnn3c(NC4CC4)nc(NCc4cc(F)ccc4-c4cccs4)nc23)N1. The molecule has 6 rings (SSSR count). The average Bonchev–Trinajstić information content (AvgIpc) is 3.19. The maximum atomic E-state index is 14.1. The summed E-state index contributed by atoms with van der Waals surface area (Å²) in [4.78, 5) is 33.7. The van der Waals surface area contributed by atoms with Gasteiger partial charge in [-0.3, -0.25) is 10.1 Å². The molecule has 10 nitrogen and oxygen atoms in total.